The minimum absolute atomic E-state index is 0. The van der Waals surface area contributed by atoms with Gasteiger partial charge in [0, 0.05) is 18.6 Å². The fraction of sp³-hybridized carbons (Fsp3) is 0.588. The fourth-order valence-electron chi connectivity index (χ4n) is 1.86. The molecule has 1 rings (SSSR count). The van der Waals surface area contributed by atoms with E-state index >= 15 is 0 Å². The Kier molecular flexibility index (Phi) is 10.9. The smallest absolute Gasteiger partial charge is 0.191 e. The molecule has 0 heterocycles. The van der Waals surface area contributed by atoms with Gasteiger partial charge >= 0.3 is 0 Å². The third-order valence-corrected chi connectivity index (χ3v) is 6.39. The molecule has 26 heavy (non-hydrogen) atoms. The van der Waals surface area contributed by atoms with Crippen LogP contribution < -0.4 is 15.4 Å². The lowest BCUT2D eigenvalue weighted by Crippen LogP contribution is -2.44. The molecular weight excluding hydrogens is 489 g/mol. The second-order valence-electron chi connectivity index (χ2n) is 6.69. The van der Waals surface area contributed by atoms with E-state index < -0.39 is 14.6 Å². The molecule has 2 N–H and O–H groups in total. The van der Waals surface area contributed by atoms with Crippen molar-refractivity contribution < 1.29 is 13.2 Å². The maximum Gasteiger partial charge on any atom is 0.191 e. The van der Waals surface area contributed by atoms with Gasteiger partial charge in [-0.25, -0.2) is 8.42 Å². The molecule has 0 saturated carbocycles. The van der Waals surface area contributed by atoms with Crippen LogP contribution in [0, 0.1) is 0 Å². The Labute approximate surface area is 179 Å². The van der Waals surface area contributed by atoms with Crippen LogP contribution in [0.25, 0.3) is 0 Å². The number of rotatable bonds is 7. The zero-order valence-corrected chi connectivity index (χ0v) is 19.8. The summed E-state index contributed by atoms with van der Waals surface area (Å²) in [7, 11) is -1.52. The Morgan fingerprint density at radius 1 is 1.23 bits per heavy atom. The molecule has 1 unspecified atom stereocenters. The number of aliphatic imine (C=N–C) groups is 1. The highest BCUT2D eigenvalue weighted by Crippen LogP contribution is 2.16. The third kappa shape index (κ3) is 8.77. The van der Waals surface area contributed by atoms with Gasteiger partial charge in [0.2, 0.25) is 0 Å². The number of halogens is 2. The monoisotopic (exact) mass is 517 g/mol. The number of ether oxygens (including phenoxy) is 1. The number of guanidine groups is 1. The van der Waals surface area contributed by atoms with Gasteiger partial charge in [0.15, 0.2) is 15.8 Å². The molecule has 150 valence electrons. The molecule has 9 heteroatoms. The lowest BCUT2D eigenvalue weighted by atomic mass is 10.3. The Bertz CT molecular complexity index is 673. The molecule has 0 amide bonds. The van der Waals surface area contributed by atoms with Crippen LogP contribution in [-0.2, 0) is 9.84 Å². The van der Waals surface area contributed by atoms with Crippen molar-refractivity contribution in [3.8, 4) is 5.75 Å². The standard InChI is InChI=1S/C17H28ClN3O3S.HI/c1-13(24-15-8-6-14(18)7-9-15)12-21-16(19-5)20-10-11-25(22,23)17(2,3)4;/h6-9,13H,10-12H2,1-5H3,(H2,19,20,21);1H. The highest BCUT2D eigenvalue weighted by Gasteiger charge is 2.28. The van der Waals surface area contributed by atoms with Gasteiger partial charge in [-0.2, -0.15) is 0 Å². The molecule has 0 aliphatic rings. The number of sulfone groups is 1. The molecule has 6 nitrogen and oxygen atoms in total. The molecule has 1 aromatic rings. The minimum Gasteiger partial charge on any atom is -0.489 e. The van der Waals surface area contributed by atoms with Crippen LogP contribution >= 0.6 is 35.6 Å². The van der Waals surface area contributed by atoms with Gasteiger partial charge in [0.25, 0.3) is 0 Å². The summed E-state index contributed by atoms with van der Waals surface area (Å²) in [6.07, 6.45) is -0.0990. The van der Waals surface area contributed by atoms with E-state index in [2.05, 4.69) is 15.6 Å². The number of nitrogens with zero attached hydrogens (tertiary/aromatic N) is 1. The van der Waals surface area contributed by atoms with Gasteiger partial charge in [-0.05, 0) is 52.0 Å². The Morgan fingerprint density at radius 2 is 1.81 bits per heavy atom. The SMILES string of the molecule is CN=C(NCCS(=O)(=O)C(C)(C)C)NCC(C)Oc1ccc(Cl)cc1.I. The lowest BCUT2D eigenvalue weighted by Gasteiger charge is -2.20. The second kappa shape index (κ2) is 11.2. The molecule has 0 aliphatic carbocycles. The van der Waals surface area contributed by atoms with Crippen molar-refractivity contribution in [2.75, 3.05) is 25.9 Å². The fourth-order valence-corrected chi connectivity index (χ4v) is 2.97. The maximum absolute atomic E-state index is 12.1. The second-order valence-corrected chi connectivity index (χ2v) is 9.99. The summed E-state index contributed by atoms with van der Waals surface area (Å²) in [4.78, 5) is 4.09. The average Bonchev–Trinajstić information content (AvgIpc) is 2.51. The third-order valence-electron chi connectivity index (χ3n) is 3.53. The van der Waals surface area contributed by atoms with Crippen molar-refractivity contribution in [3.05, 3.63) is 29.3 Å². The lowest BCUT2D eigenvalue weighted by molar-refractivity contribution is 0.224. The van der Waals surface area contributed by atoms with Crippen LogP contribution in [0.1, 0.15) is 27.7 Å². The molecule has 0 fully saturated rings. The summed E-state index contributed by atoms with van der Waals surface area (Å²) in [5, 5.41) is 6.79. The van der Waals surface area contributed by atoms with Gasteiger partial charge in [-0.15, -0.1) is 24.0 Å². The summed E-state index contributed by atoms with van der Waals surface area (Å²) in [5.74, 6) is 1.32. The molecule has 0 saturated heterocycles. The first-order valence-corrected chi connectivity index (χ1v) is 10.2. The Hall–Kier alpha value is -0.740. The molecule has 0 bridgehead atoms. The first kappa shape index (κ1) is 25.3. The molecule has 1 aromatic carbocycles. The van der Waals surface area contributed by atoms with Gasteiger partial charge in [-0.1, -0.05) is 11.6 Å². The maximum atomic E-state index is 12.1. The number of hydrogen-bond donors (Lipinski definition) is 2. The van der Waals surface area contributed by atoms with Crippen LogP contribution in [0.2, 0.25) is 5.02 Å². The van der Waals surface area contributed by atoms with Crippen molar-refractivity contribution >= 4 is 51.4 Å². The summed E-state index contributed by atoms with van der Waals surface area (Å²) < 4.78 is 29.2. The highest BCUT2D eigenvalue weighted by molar-refractivity contribution is 14.0. The van der Waals surface area contributed by atoms with Crippen LogP contribution in [0.3, 0.4) is 0 Å². The van der Waals surface area contributed by atoms with Crippen molar-refractivity contribution in [1.82, 2.24) is 10.6 Å². The summed E-state index contributed by atoms with van der Waals surface area (Å²) >= 11 is 5.84. The van der Waals surface area contributed by atoms with Crippen molar-refractivity contribution in [2.45, 2.75) is 38.5 Å². The molecule has 0 aromatic heterocycles. The van der Waals surface area contributed by atoms with Crippen molar-refractivity contribution in [3.63, 3.8) is 0 Å². The topological polar surface area (TPSA) is 79.8 Å². The normalized spacial score (nSPS) is 13.5. The number of nitrogens with one attached hydrogen (secondary N) is 2. The molecular formula is C17H29ClIN3O3S. The highest BCUT2D eigenvalue weighted by atomic mass is 127. The van der Waals surface area contributed by atoms with Crippen LogP contribution in [-0.4, -0.2) is 51.1 Å². The summed E-state index contributed by atoms with van der Waals surface area (Å²) in [5.41, 5.74) is 0. The van der Waals surface area contributed by atoms with E-state index in [1.807, 2.05) is 19.1 Å². The van der Waals surface area contributed by atoms with Gasteiger partial charge < -0.3 is 15.4 Å². The number of hydrogen-bond acceptors (Lipinski definition) is 4. The van der Waals surface area contributed by atoms with E-state index in [1.165, 1.54) is 0 Å². The zero-order valence-electron chi connectivity index (χ0n) is 15.9. The first-order valence-electron chi connectivity index (χ1n) is 8.14. The van der Waals surface area contributed by atoms with Gasteiger partial charge in [0.05, 0.1) is 17.0 Å². The largest absolute Gasteiger partial charge is 0.489 e. The van der Waals surface area contributed by atoms with E-state index in [9.17, 15) is 8.42 Å². The minimum atomic E-state index is -3.16. The quantitative estimate of drug-likeness (QED) is 0.330. The van der Waals surface area contributed by atoms with Gasteiger partial charge in [0.1, 0.15) is 11.9 Å². The van der Waals surface area contributed by atoms with Crippen molar-refractivity contribution in [2.24, 2.45) is 4.99 Å². The Morgan fingerprint density at radius 3 is 2.31 bits per heavy atom. The predicted molar refractivity (Wildman–Crippen MR) is 120 cm³/mol. The van der Waals surface area contributed by atoms with E-state index in [-0.39, 0.29) is 35.8 Å². The van der Waals surface area contributed by atoms with Crippen LogP contribution in [0.4, 0.5) is 0 Å². The summed E-state index contributed by atoms with van der Waals surface area (Å²) in [6, 6.07) is 7.16. The van der Waals surface area contributed by atoms with Crippen LogP contribution in [0.15, 0.2) is 29.3 Å². The Balaban J connectivity index is 0.00000625. The van der Waals surface area contributed by atoms with E-state index in [0.717, 1.165) is 5.75 Å². The number of benzene rings is 1. The molecule has 0 radical (unpaired) electrons. The predicted octanol–water partition coefficient (Wildman–Crippen LogP) is 3.10. The molecule has 1 atom stereocenters. The average molecular weight is 518 g/mol. The zero-order chi connectivity index (χ0) is 19.1. The van der Waals surface area contributed by atoms with E-state index in [4.69, 9.17) is 16.3 Å². The molecule has 0 aliphatic heterocycles. The summed E-state index contributed by atoms with van der Waals surface area (Å²) in [6.45, 7) is 7.85. The van der Waals surface area contributed by atoms with Crippen LogP contribution in [0.5, 0.6) is 5.75 Å². The van der Waals surface area contributed by atoms with E-state index in [1.54, 1.807) is 40.0 Å². The van der Waals surface area contributed by atoms with Crippen molar-refractivity contribution in [1.29, 1.82) is 0 Å². The first-order chi connectivity index (χ1) is 11.5. The molecule has 0 spiro atoms. The van der Waals surface area contributed by atoms with E-state index in [0.29, 0.717) is 24.1 Å². The van der Waals surface area contributed by atoms with Gasteiger partial charge in [-0.3, -0.25) is 4.99 Å².